The van der Waals surface area contributed by atoms with Crippen LogP contribution in [0.3, 0.4) is 0 Å². The lowest BCUT2D eigenvalue weighted by Gasteiger charge is -2.45. The van der Waals surface area contributed by atoms with Crippen LogP contribution in [-0.4, -0.2) is 65.0 Å². The molecule has 31 heavy (non-hydrogen) atoms. The Morgan fingerprint density at radius 1 is 1.06 bits per heavy atom. The first-order valence-electron chi connectivity index (χ1n) is 11.5. The zero-order valence-electron chi connectivity index (χ0n) is 18.5. The van der Waals surface area contributed by atoms with Crippen molar-refractivity contribution in [1.82, 2.24) is 29.4 Å². The van der Waals surface area contributed by atoms with Crippen LogP contribution in [0.1, 0.15) is 67.9 Å². The van der Waals surface area contributed by atoms with Gasteiger partial charge in [-0.05, 0) is 92.7 Å². The number of hydrogen-bond acceptors (Lipinski definition) is 6. The minimum absolute atomic E-state index is 0.311. The zero-order valence-corrected chi connectivity index (χ0v) is 19.3. The highest BCUT2D eigenvalue weighted by Crippen LogP contribution is 2.40. The highest BCUT2D eigenvalue weighted by Gasteiger charge is 2.47. The predicted molar refractivity (Wildman–Crippen MR) is 117 cm³/mol. The molecule has 8 nitrogen and oxygen atoms in total. The molecule has 1 saturated carbocycles. The van der Waals surface area contributed by atoms with Gasteiger partial charge in [-0.1, -0.05) is 18.9 Å². The number of aryl methyl sites for hydroxylation is 2. The van der Waals surface area contributed by atoms with E-state index in [1.54, 1.807) is 10.4 Å². The third-order valence-electron chi connectivity index (χ3n) is 7.58. The van der Waals surface area contributed by atoms with Crippen molar-refractivity contribution in [2.75, 3.05) is 27.2 Å². The first kappa shape index (κ1) is 21.0. The van der Waals surface area contributed by atoms with E-state index in [-0.39, 0.29) is 0 Å². The number of aromatic nitrogens is 4. The molecule has 0 N–H and O–H groups in total. The van der Waals surface area contributed by atoms with Crippen LogP contribution >= 0.6 is 0 Å². The highest BCUT2D eigenvalue weighted by molar-refractivity contribution is 7.89. The monoisotopic (exact) mass is 444 g/mol. The summed E-state index contributed by atoms with van der Waals surface area (Å²) in [6.07, 6.45) is 9.29. The van der Waals surface area contributed by atoms with Crippen LogP contribution in [0, 0.1) is 0 Å². The molecule has 9 heteroatoms. The van der Waals surface area contributed by atoms with Gasteiger partial charge in [0.05, 0.1) is 16.5 Å². The number of hydrogen-bond donors (Lipinski definition) is 0. The summed E-state index contributed by atoms with van der Waals surface area (Å²) in [6.45, 7) is 0.895. The summed E-state index contributed by atoms with van der Waals surface area (Å²) >= 11 is 0. The second-order valence-electron chi connectivity index (χ2n) is 9.54. The van der Waals surface area contributed by atoms with Crippen LogP contribution in [0.15, 0.2) is 23.1 Å². The van der Waals surface area contributed by atoms with E-state index in [1.807, 2.05) is 30.9 Å². The van der Waals surface area contributed by atoms with Crippen molar-refractivity contribution < 1.29 is 8.42 Å². The van der Waals surface area contributed by atoms with Gasteiger partial charge in [-0.15, -0.1) is 5.10 Å². The average Bonchev–Trinajstić information content (AvgIpc) is 3.54. The summed E-state index contributed by atoms with van der Waals surface area (Å²) in [5, 5.41) is 12.8. The molecular weight excluding hydrogens is 412 g/mol. The summed E-state index contributed by atoms with van der Waals surface area (Å²) in [5.74, 6) is 0.804. The molecule has 0 radical (unpaired) electrons. The number of sulfonamides is 1. The van der Waals surface area contributed by atoms with Crippen molar-refractivity contribution in [1.29, 1.82) is 0 Å². The minimum Gasteiger partial charge on any atom is -0.296 e. The average molecular weight is 445 g/mol. The second-order valence-corrected chi connectivity index (χ2v) is 11.5. The normalized spacial score (nSPS) is 25.4. The Morgan fingerprint density at radius 3 is 2.61 bits per heavy atom. The van der Waals surface area contributed by atoms with E-state index in [0.29, 0.717) is 24.0 Å². The molecule has 168 valence electrons. The Hall–Kier alpha value is -1.84. The lowest BCUT2D eigenvalue weighted by molar-refractivity contribution is 0.0622. The first-order valence-corrected chi connectivity index (χ1v) is 12.9. The van der Waals surface area contributed by atoms with Gasteiger partial charge in [-0.3, -0.25) is 4.90 Å². The van der Waals surface area contributed by atoms with E-state index in [2.05, 4.69) is 20.4 Å². The standard InChI is InChI=1S/C22H32N6O2S/c1-26(2)22(21-23-24-25-28(21)19-9-3-4-10-19)13-6-14-27(16-22)31(29,30)20-12-11-17-7-5-8-18(17)15-20/h11-12,15,19H,3-10,13-14,16H2,1-2H3. The van der Waals surface area contributed by atoms with Gasteiger partial charge in [0.15, 0.2) is 5.82 Å². The molecule has 0 bridgehead atoms. The summed E-state index contributed by atoms with van der Waals surface area (Å²) in [6, 6.07) is 5.99. The fraction of sp³-hybridized carbons (Fsp3) is 0.682. The van der Waals surface area contributed by atoms with Crippen LogP contribution in [0.25, 0.3) is 0 Å². The van der Waals surface area contributed by atoms with Crippen molar-refractivity contribution in [2.45, 2.75) is 74.3 Å². The summed E-state index contributed by atoms with van der Waals surface area (Å²) in [4.78, 5) is 2.53. The van der Waals surface area contributed by atoms with Crippen molar-refractivity contribution >= 4 is 10.0 Å². The molecule has 3 aliphatic rings. The minimum atomic E-state index is -3.58. The fourth-order valence-electron chi connectivity index (χ4n) is 5.70. The Kier molecular flexibility index (Phi) is 5.38. The van der Waals surface area contributed by atoms with Crippen molar-refractivity contribution in [3.8, 4) is 0 Å². The maximum atomic E-state index is 13.7. The number of likely N-dealkylation sites (N-methyl/N-ethyl adjacent to an activating group) is 1. The van der Waals surface area contributed by atoms with Crippen molar-refractivity contribution in [2.24, 2.45) is 0 Å². The molecule has 2 aromatic rings. The van der Waals surface area contributed by atoms with Crippen LogP contribution in [0.2, 0.25) is 0 Å². The molecule has 1 aromatic heterocycles. The molecule has 1 atom stereocenters. The molecule has 1 aromatic carbocycles. The quantitative estimate of drug-likeness (QED) is 0.705. The van der Waals surface area contributed by atoms with Gasteiger partial charge in [0.25, 0.3) is 0 Å². The Balaban J connectivity index is 1.50. The molecule has 1 aliphatic heterocycles. The van der Waals surface area contributed by atoms with Crippen molar-refractivity contribution in [3.05, 3.63) is 35.2 Å². The van der Waals surface area contributed by atoms with Gasteiger partial charge in [-0.2, -0.15) is 4.31 Å². The van der Waals surface area contributed by atoms with Crippen LogP contribution in [-0.2, 0) is 28.4 Å². The number of fused-ring (bicyclic) bond motifs is 1. The summed E-state index contributed by atoms with van der Waals surface area (Å²) < 4.78 is 31.0. The predicted octanol–water partition coefficient (Wildman–Crippen LogP) is 2.52. The van der Waals surface area contributed by atoms with Gasteiger partial charge >= 0.3 is 0 Å². The Labute approximate surface area is 184 Å². The van der Waals surface area contributed by atoms with Crippen LogP contribution < -0.4 is 0 Å². The van der Waals surface area contributed by atoms with E-state index < -0.39 is 15.6 Å². The third-order valence-corrected chi connectivity index (χ3v) is 9.42. The van der Waals surface area contributed by atoms with Gasteiger partial charge in [0.2, 0.25) is 10.0 Å². The van der Waals surface area contributed by atoms with Gasteiger partial charge in [0, 0.05) is 13.1 Å². The highest BCUT2D eigenvalue weighted by atomic mass is 32.2. The fourth-order valence-corrected chi connectivity index (χ4v) is 7.29. The zero-order chi connectivity index (χ0) is 21.6. The molecule has 1 unspecified atom stereocenters. The van der Waals surface area contributed by atoms with E-state index in [1.165, 1.54) is 24.0 Å². The van der Waals surface area contributed by atoms with E-state index >= 15 is 0 Å². The SMILES string of the molecule is CN(C)C1(c2nnnn2C2CCCC2)CCCN(S(=O)(=O)c2ccc3c(c2)CCC3)C1. The molecule has 0 spiro atoms. The van der Waals surface area contributed by atoms with E-state index in [9.17, 15) is 8.42 Å². The van der Waals surface area contributed by atoms with E-state index in [0.717, 1.165) is 50.8 Å². The second kappa shape index (κ2) is 7.94. The lowest BCUT2D eigenvalue weighted by atomic mass is 9.87. The van der Waals surface area contributed by atoms with E-state index in [4.69, 9.17) is 0 Å². The number of tetrazole rings is 1. The largest absolute Gasteiger partial charge is 0.296 e. The first-order chi connectivity index (χ1) is 14.9. The molecule has 5 rings (SSSR count). The van der Waals surface area contributed by atoms with Crippen molar-refractivity contribution in [3.63, 3.8) is 0 Å². The summed E-state index contributed by atoms with van der Waals surface area (Å²) in [7, 11) is 0.444. The van der Waals surface area contributed by atoms with Crippen LogP contribution in [0.4, 0.5) is 0 Å². The molecule has 2 fully saturated rings. The summed E-state index contributed by atoms with van der Waals surface area (Å²) in [5.41, 5.74) is 1.94. The number of benzene rings is 1. The molecular formula is C22H32N6O2S. The smallest absolute Gasteiger partial charge is 0.243 e. The van der Waals surface area contributed by atoms with Gasteiger partial charge < -0.3 is 0 Å². The number of rotatable bonds is 5. The van der Waals surface area contributed by atoms with Crippen LogP contribution in [0.5, 0.6) is 0 Å². The number of piperidine rings is 1. The molecule has 0 amide bonds. The lowest BCUT2D eigenvalue weighted by Crippen LogP contribution is -2.56. The number of nitrogens with zero attached hydrogens (tertiary/aromatic N) is 6. The Bertz CT molecular complexity index is 1060. The molecule has 2 aliphatic carbocycles. The van der Waals surface area contributed by atoms with Gasteiger partial charge in [-0.25, -0.2) is 13.1 Å². The topological polar surface area (TPSA) is 84.2 Å². The maximum absolute atomic E-state index is 13.7. The molecule has 1 saturated heterocycles. The third kappa shape index (κ3) is 3.50. The maximum Gasteiger partial charge on any atom is 0.243 e. The van der Waals surface area contributed by atoms with Gasteiger partial charge in [0.1, 0.15) is 0 Å². The molecule has 2 heterocycles. The Morgan fingerprint density at radius 2 is 1.84 bits per heavy atom.